The van der Waals surface area contributed by atoms with E-state index >= 15 is 0 Å². The minimum Gasteiger partial charge on any atom is -0.494 e. The van der Waals surface area contributed by atoms with Gasteiger partial charge in [0.05, 0.1) is 43.3 Å². The molecule has 5 N–H and O–H groups in total. The molecule has 0 heterocycles. The van der Waals surface area contributed by atoms with Crippen LogP contribution in [0.15, 0.2) is 36.4 Å². The van der Waals surface area contributed by atoms with E-state index in [9.17, 15) is 20.2 Å². The summed E-state index contributed by atoms with van der Waals surface area (Å²) < 4.78 is 10.6. The molecule has 238 valence electrons. The second-order valence-corrected chi connectivity index (χ2v) is 26.0. The van der Waals surface area contributed by atoms with E-state index < -0.39 is 25.3 Å². The van der Waals surface area contributed by atoms with Gasteiger partial charge in [0, 0.05) is 0 Å². The van der Waals surface area contributed by atoms with Crippen LogP contribution in [-0.4, -0.2) is 50.2 Å². The molecule has 0 aliphatic rings. The molecule has 0 atom stereocenters. The predicted octanol–water partition coefficient (Wildman–Crippen LogP) is 7.84. The molecule has 0 radical (unpaired) electrons. The van der Waals surface area contributed by atoms with Crippen LogP contribution in [-0.2, 0) is 0 Å². The van der Waals surface area contributed by atoms with Crippen molar-refractivity contribution in [2.24, 2.45) is 0 Å². The first-order chi connectivity index (χ1) is 18.9. The van der Waals surface area contributed by atoms with E-state index in [2.05, 4.69) is 67.7 Å². The van der Waals surface area contributed by atoms with Crippen molar-refractivity contribution in [1.82, 2.24) is 0 Å². The summed E-state index contributed by atoms with van der Waals surface area (Å²) in [6, 6.07) is 9.72. The van der Waals surface area contributed by atoms with Crippen molar-refractivity contribution in [3.8, 4) is 11.5 Å². The zero-order chi connectivity index (χ0) is 33.1. The Kier molecular flexibility index (Phi) is 15.0. The SMILES string of the molecule is CC(C)(C)[Si](C)(C)CCOc1ccc(N)c([N+](=O)[O-])c1.CC(C)(C)[Si](C)(C)Cl.Nc1ccc(OCCO)cc1[N+](=O)[O-]. The van der Waals surface area contributed by atoms with E-state index in [1.54, 1.807) is 6.07 Å². The highest BCUT2D eigenvalue weighted by Gasteiger charge is 2.34. The maximum Gasteiger partial charge on any atom is 0.295 e. The summed E-state index contributed by atoms with van der Waals surface area (Å²) in [6.07, 6.45) is 0. The monoisotopic (exact) mass is 644 g/mol. The maximum atomic E-state index is 10.8. The van der Waals surface area contributed by atoms with Gasteiger partial charge in [0.15, 0.2) is 7.38 Å². The molecule has 0 saturated heterocycles. The lowest BCUT2D eigenvalue weighted by Gasteiger charge is -2.36. The number of nitrogens with zero attached hydrogens (tertiary/aromatic N) is 2. The molecular formula is C28H49ClN4O7Si2. The number of halogens is 1. The first-order valence-corrected chi connectivity index (χ1v) is 20.8. The molecule has 0 saturated carbocycles. The number of nitro groups is 2. The average Bonchev–Trinajstić information content (AvgIpc) is 2.83. The van der Waals surface area contributed by atoms with Crippen molar-refractivity contribution >= 4 is 49.3 Å². The fourth-order valence-electron chi connectivity index (χ4n) is 2.51. The highest BCUT2D eigenvalue weighted by molar-refractivity contribution is 7.20. The number of nitro benzene ring substituents is 2. The Morgan fingerprint density at radius 3 is 1.43 bits per heavy atom. The number of aliphatic hydroxyl groups is 1. The summed E-state index contributed by atoms with van der Waals surface area (Å²) in [5.74, 6) is 0.824. The molecule has 14 heteroatoms. The van der Waals surface area contributed by atoms with Crippen LogP contribution in [0.3, 0.4) is 0 Å². The molecule has 2 rings (SSSR count). The van der Waals surface area contributed by atoms with Gasteiger partial charge in [-0.25, -0.2) is 0 Å². The van der Waals surface area contributed by atoms with E-state index in [-0.39, 0.29) is 36.0 Å². The third-order valence-electron chi connectivity index (χ3n) is 7.57. The lowest BCUT2D eigenvalue weighted by molar-refractivity contribution is -0.384. The molecule has 0 unspecified atom stereocenters. The zero-order valence-corrected chi connectivity index (χ0v) is 29.4. The van der Waals surface area contributed by atoms with Crippen molar-refractivity contribution in [3.05, 3.63) is 56.6 Å². The van der Waals surface area contributed by atoms with Gasteiger partial charge in [-0.15, -0.1) is 0 Å². The summed E-state index contributed by atoms with van der Waals surface area (Å²) in [4.78, 5) is 20.2. The minimum atomic E-state index is -1.39. The summed E-state index contributed by atoms with van der Waals surface area (Å²) >= 11 is 6.15. The van der Waals surface area contributed by atoms with Crippen molar-refractivity contribution in [1.29, 1.82) is 0 Å². The molecule has 42 heavy (non-hydrogen) atoms. The Balaban J connectivity index is 0.000000662. The molecule has 2 aromatic carbocycles. The van der Waals surface area contributed by atoms with Gasteiger partial charge in [-0.1, -0.05) is 67.7 Å². The Bertz CT molecular complexity index is 1170. The second kappa shape index (κ2) is 16.1. The third-order valence-corrected chi connectivity index (χ3v) is 18.3. The van der Waals surface area contributed by atoms with Crippen LogP contribution in [0.1, 0.15) is 41.5 Å². The maximum absolute atomic E-state index is 10.8. The summed E-state index contributed by atoms with van der Waals surface area (Å²) in [6.45, 7) is 22.9. The molecule has 0 bridgehead atoms. The molecule has 0 spiro atoms. The Morgan fingerprint density at radius 2 is 1.14 bits per heavy atom. The van der Waals surface area contributed by atoms with Crippen LogP contribution in [0.2, 0.25) is 42.3 Å². The fraction of sp³-hybridized carbons (Fsp3) is 0.571. The number of hydrogen-bond acceptors (Lipinski definition) is 9. The number of rotatable bonds is 9. The highest BCUT2D eigenvalue weighted by Crippen LogP contribution is 2.39. The Hall–Kier alpha value is -2.88. The normalized spacial score (nSPS) is 11.8. The molecule has 0 fully saturated rings. The van der Waals surface area contributed by atoms with Crippen molar-refractivity contribution in [2.75, 3.05) is 31.3 Å². The number of anilines is 2. The molecule has 0 aliphatic carbocycles. The van der Waals surface area contributed by atoms with Crippen LogP contribution in [0, 0.1) is 20.2 Å². The van der Waals surface area contributed by atoms with Crippen LogP contribution in [0.5, 0.6) is 11.5 Å². The van der Waals surface area contributed by atoms with Crippen LogP contribution >= 0.6 is 11.1 Å². The molecule has 11 nitrogen and oxygen atoms in total. The smallest absolute Gasteiger partial charge is 0.295 e. The number of nitrogen functional groups attached to an aromatic ring is 2. The first-order valence-electron chi connectivity index (χ1n) is 13.6. The molecular weight excluding hydrogens is 596 g/mol. The van der Waals surface area contributed by atoms with Crippen LogP contribution < -0.4 is 20.9 Å². The van der Waals surface area contributed by atoms with Gasteiger partial charge in [0.25, 0.3) is 11.4 Å². The average molecular weight is 645 g/mol. The van der Waals surface area contributed by atoms with E-state index in [0.717, 1.165) is 6.04 Å². The number of benzene rings is 2. The first kappa shape index (κ1) is 39.1. The lowest BCUT2D eigenvalue weighted by Crippen LogP contribution is -2.38. The topological polar surface area (TPSA) is 177 Å². The molecule has 0 aliphatic heterocycles. The van der Waals surface area contributed by atoms with Crippen LogP contribution in [0.4, 0.5) is 22.7 Å². The van der Waals surface area contributed by atoms with Gasteiger partial charge in [-0.2, -0.15) is 11.1 Å². The van der Waals surface area contributed by atoms with Gasteiger partial charge in [-0.05, 0) is 40.4 Å². The van der Waals surface area contributed by atoms with Crippen LogP contribution in [0.25, 0.3) is 0 Å². The van der Waals surface area contributed by atoms with Gasteiger partial charge in [0.1, 0.15) is 29.5 Å². The van der Waals surface area contributed by atoms with Gasteiger partial charge < -0.3 is 26.0 Å². The number of nitrogens with two attached hydrogens (primary N) is 2. The van der Waals surface area contributed by atoms with Gasteiger partial charge in [-0.3, -0.25) is 20.2 Å². The predicted molar refractivity (Wildman–Crippen MR) is 178 cm³/mol. The number of ether oxygens (including phenoxy) is 2. The Labute approximate surface area is 256 Å². The number of hydrogen-bond donors (Lipinski definition) is 3. The molecule has 2 aromatic rings. The van der Waals surface area contributed by atoms with E-state index in [0.29, 0.717) is 28.2 Å². The van der Waals surface area contributed by atoms with Crippen molar-refractivity contribution < 1.29 is 24.4 Å². The highest BCUT2D eigenvalue weighted by atomic mass is 35.6. The van der Waals surface area contributed by atoms with E-state index in [1.807, 2.05) is 0 Å². The van der Waals surface area contributed by atoms with Gasteiger partial charge >= 0.3 is 0 Å². The third kappa shape index (κ3) is 13.4. The minimum absolute atomic E-state index is 0.0892. The lowest BCUT2D eigenvalue weighted by atomic mass is 10.2. The molecule has 0 aromatic heterocycles. The molecule has 0 amide bonds. The second-order valence-electron chi connectivity index (χ2n) is 13.0. The Morgan fingerprint density at radius 1 is 0.786 bits per heavy atom. The van der Waals surface area contributed by atoms with Crippen molar-refractivity contribution in [3.63, 3.8) is 0 Å². The van der Waals surface area contributed by atoms with E-state index in [4.69, 9.17) is 37.1 Å². The standard InChI is InChI=1S/C14H24N2O3Si.C8H10N2O4.C6H15ClSi/c1-14(2,3)20(4,5)9-8-19-11-6-7-12(15)13(10-11)16(17)18;9-7-2-1-6(14-4-3-11)5-8(7)10(12)13;1-6(2,3)8(4,5)7/h6-7,10H,8-9,15H2,1-5H3;1-2,5,11H,3-4,9H2;1-5H3. The van der Waals surface area contributed by atoms with E-state index in [1.165, 1.54) is 30.3 Å². The largest absolute Gasteiger partial charge is 0.494 e. The zero-order valence-electron chi connectivity index (χ0n) is 26.6. The fourth-order valence-corrected chi connectivity index (χ4v) is 3.87. The quantitative estimate of drug-likeness (QED) is 0.0806. The summed E-state index contributed by atoms with van der Waals surface area (Å²) in [7, 11) is -2.78. The van der Waals surface area contributed by atoms with Crippen molar-refractivity contribution in [2.45, 2.75) is 83.9 Å². The summed E-state index contributed by atoms with van der Waals surface area (Å²) in [5.41, 5.74) is 10.9. The number of aliphatic hydroxyl groups excluding tert-OH is 1. The van der Waals surface area contributed by atoms with Gasteiger partial charge in [0.2, 0.25) is 0 Å². The summed E-state index contributed by atoms with van der Waals surface area (Å²) in [5, 5.41) is 30.4.